The Labute approximate surface area is 313 Å². The number of fused-ring (bicyclic) bond motifs is 1. The van der Waals surface area contributed by atoms with Crippen LogP contribution in [0, 0.1) is 5.92 Å². The van der Waals surface area contributed by atoms with Gasteiger partial charge < -0.3 is 14.9 Å². The number of nitrogens with one attached hydrogen (secondary N) is 1. The lowest BCUT2D eigenvalue weighted by Gasteiger charge is -2.40. The van der Waals surface area contributed by atoms with Crippen molar-refractivity contribution in [1.29, 1.82) is 0 Å². The summed E-state index contributed by atoms with van der Waals surface area (Å²) < 4.78 is 0. The molecule has 8 heteroatoms. The third-order valence-electron chi connectivity index (χ3n) is 11.9. The number of allylic oxidation sites excluding steroid dienone is 1. The molecule has 4 aliphatic rings. The van der Waals surface area contributed by atoms with Crippen molar-refractivity contribution in [3.63, 3.8) is 0 Å². The Morgan fingerprint density at radius 3 is 2.02 bits per heavy atom. The minimum Gasteiger partial charge on any atom is -0.508 e. The van der Waals surface area contributed by atoms with Gasteiger partial charge in [-0.15, -0.1) is 0 Å². The first kappa shape index (κ1) is 35.1. The van der Waals surface area contributed by atoms with Crippen molar-refractivity contribution in [2.75, 3.05) is 55.6 Å². The zero-order chi connectivity index (χ0) is 36.3. The van der Waals surface area contributed by atoms with Crippen molar-refractivity contribution in [3.05, 3.63) is 125 Å². The molecule has 274 valence electrons. The molecule has 0 radical (unpaired) electrons. The molecule has 0 aliphatic carbocycles. The first-order valence-electron chi connectivity index (χ1n) is 19.5. The Morgan fingerprint density at radius 1 is 0.698 bits per heavy atom. The van der Waals surface area contributed by atoms with Crippen LogP contribution in [-0.2, 0) is 22.7 Å². The smallest absolute Gasteiger partial charge is 0.243 e. The van der Waals surface area contributed by atoms with E-state index in [0.29, 0.717) is 12.8 Å². The van der Waals surface area contributed by atoms with Crippen LogP contribution in [0.5, 0.6) is 5.75 Å². The van der Waals surface area contributed by atoms with Crippen LogP contribution in [0.15, 0.2) is 97.1 Å². The number of phenols is 1. The molecule has 8 nitrogen and oxygen atoms in total. The number of carbonyl (C=O) groups excluding carboxylic acids is 2. The molecule has 0 saturated carbocycles. The average Bonchev–Trinajstić information content (AvgIpc) is 3.62. The van der Waals surface area contributed by atoms with E-state index in [1.807, 2.05) is 12.1 Å². The van der Waals surface area contributed by atoms with Gasteiger partial charge in [0.05, 0.1) is 6.04 Å². The Bertz CT molecular complexity index is 1940. The Kier molecular flexibility index (Phi) is 10.3. The Morgan fingerprint density at radius 2 is 1.34 bits per heavy atom. The summed E-state index contributed by atoms with van der Waals surface area (Å²) in [5.74, 6) is 0.697. The number of rotatable bonds is 9. The SMILES string of the molecule is CCC(=C(c1ccc(O)cc1)c1ccc(N2CCC(CN3CCN(c4ccc5c(c4)CN(C4CCC(=O)NC4=O)C5)CC3)CC2)cc1)c1ccccc1. The highest BCUT2D eigenvalue weighted by Gasteiger charge is 2.35. The van der Waals surface area contributed by atoms with Crippen molar-refractivity contribution < 1.29 is 14.7 Å². The topological polar surface area (TPSA) is 79.4 Å². The second-order valence-electron chi connectivity index (χ2n) is 15.2. The second kappa shape index (κ2) is 15.6. The van der Waals surface area contributed by atoms with Gasteiger partial charge in [-0.1, -0.05) is 67.6 Å². The van der Waals surface area contributed by atoms with E-state index in [-0.39, 0.29) is 23.6 Å². The highest BCUT2D eigenvalue weighted by atomic mass is 16.3. The molecule has 4 heterocycles. The van der Waals surface area contributed by atoms with E-state index < -0.39 is 0 Å². The number of nitrogens with zero attached hydrogens (tertiary/aromatic N) is 4. The molecule has 2 amide bonds. The molecular weight excluding hydrogens is 659 g/mol. The van der Waals surface area contributed by atoms with Crippen molar-refractivity contribution in [3.8, 4) is 5.75 Å². The first-order chi connectivity index (χ1) is 25.9. The van der Waals surface area contributed by atoms with E-state index in [1.54, 1.807) is 12.1 Å². The fourth-order valence-corrected chi connectivity index (χ4v) is 8.93. The molecule has 1 atom stereocenters. The number of hydrogen-bond donors (Lipinski definition) is 2. The summed E-state index contributed by atoms with van der Waals surface area (Å²) in [5.41, 5.74) is 11.2. The summed E-state index contributed by atoms with van der Waals surface area (Å²) in [5, 5.41) is 12.5. The predicted molar refractivity (Wildman–Crippen MR) is 213 cm³/mol. The maximum Gasteiger partial charge on any atom is 0.243 e. The van der Waals surface area contributed by atoms with Crippen molar-refractivity contribution in [2.45, 2.75) is 58.2 Å². The molecule has 0 bridgehead atoms. The van der Waals surface area contributed by atoms with Gasteiger partial charge in [-0.05, 0) is 107 Å². The summed E-state index contributed by atoms with van der Waals surface area (Å²) in [4.78, 5) is 34.0. The number of carbonyl (C=O) groups is 2. The molecule has 3 saturated heterocycles. The molecule has 0 spiro atoms. The normalized spacial score (nSPS) is 20.7. The molecular formula is C45H51N5O3. The van der Waals surface area contributed by atoms with Gasteiger partial charge in [0.15, 0.2) is 0 Å². The first-order valence-corrected chi connectivity index (χ1v) is 19.5. The van der Waals surface area contributed by atoms with Crippen molar-refractivity contribution in [2.24, 2.45) is 5.92 Å². The Hall–Kier alpha value is -4.92. The quantitative estimate of drug-likeness (QED) is 0.144. The Balaban J connectivity index is 0.844. The number of anilines is 2. The predicted octanol–water partition coefficient (Wildman–Crippen LogP) is 6.92. The van der Waals surface area contributed by atoms with Crippen LogP contribution >= 0.6 is 0 Å². The third-order valence-corrected chi connectivity index (χ3v) is 11.9. The van der Waals surface area contributed by atoms with E-state index in [9.17, 15) is 14.7 Å². The van der Waals surface area contributed by atoms with Crippen LogP contribution in [0.25, 0.3) is 11.1 Å². The molecule has 3 fully saturated rings. The lowest BCUT2D eigenvalue weighted by atomic mass is 9.88. The highest BCUT2D eigenvalue weighted by molar-refractivity contribution is 6.00. The maximum absolute atomic E-state index is 12.5. The van der Waals surface area contributed by atoms with Crippen LogP contribution in [0.4, 0.5) is 11.4 Å². The van der Waals surface area contributed by atoms with Gasteiger partial charge in [0.25, 0.3) is 0 Å². The summed E-state index contributed by atoms with van der Waals surface area (Å²) in [7, 11) is 0. The number of imide groups is 1. The van der Waals surface area contributed by atoms with Crippen LogP contribution < -0.4 is 15.1 Å². The summed E-state index contributed by atoms with van der Waals surface area (Å²) in [6.07, 6.45) is 4.36. The molecule has 0 aromatic heterocycles. The van der Waals surface area contributed by atoms with E-state index in [0.717, 1.165) is 70.3 Å². The molecule has 4 aromatic rings. The monoisotopic (exact) mass is 709 g/mol. The number of hydrogen-bond acceptors (Lipinski definition) is 7. The average molecular weight is 710 g/mol. The summed E-state index contributed by atoms with van der Waals surface area (Å²) in [6.45, 7) is 11.3. The number of piperazine rings is 1. The van der Waals surface area contributed by atoms with Gasteiger partial charge in [0.1, 0.15) is 5.75 Å². The van der Waals surface area contributed by atoms with E-state index in [2.05, 4.69) is 105 Å². The van der Waals surface area contributed by atoms with Crippen LogP contribution in [0.3, 0.4) is 0 Å². The summed E-state index contributed by atoms with van der Waals surface area (Å²) in [6, 6.07) is 34.0. The van der Waals surface area contributed by atoms with Crippen LogP contribution in [0.2, 0.25) is 0 Å². The largest absolute Gasteiger partial charge is 0.508 e. The molecule has 2 N–H and O–H groups in total. The number of piperidine rings is 2. The van der Waals surface area contributed by atoms with Gasteiger partial charge in [0.2, 0.25) is 11.8 Å². The number of amides is 2. The minimum atomic E-state index is -0.216. The maximum atomic E-state index is 12.5. The summed E-state index contributed by atoms with van der Waals surface area (Å²) >= 11 is 0. The van der Waals surface area contributed by atoms with E-state index in [4.69, 9.17) is 0 Å². The number of aromatic hydroxyl groups is 1. The standard InChI is InChI=1S/C45H51N5O3/c1-2-41(33-6-4-3-5-7-33)44(35-11-16-40(51)17-12-35)34-8-13-38(14-9-34)48-22-20-32(21-23-48)29-47-24-26-49(27-25-47)39-15-10-36-30-50(31-37(36)28-39)42-18-19-43(52)46-45(42)53/h3-17,28,32,42,51H,2,18-27,29-31H2,1H3,(H,46,52,53). The highest BCUT2D eigenvalue weighted by Crippen LogP contribution is 2.36. The minimum absolute atomic E-state index is 0.149. The zero-order valence-electron chi connectivity index (χ0n) is 30.8. The molecule has 1 unspecified atom stereocenters. The van der Waals surface area contributed by atoms with E-state index in [1.165, 1.54) is 64.2 Å². The van der Waals surface area contributed by atoms with Crippen molar-refractivity contribution >= 4 is 34.3 Å². The second-order valence-corrected chi connectivity index (χ2v) is 15.2. The van der Waals surface area contributed by atoms with Gasteiger partial charge >= 0.3 is 0 Å². The lowest BCUT2D eigenvalue weighted by molar-refractivity contribution is -0.137. The number of benzene rings is 4. The molecule has 53 heavy (non-hydrogen) atoms. The van der Waals surface area contributed by atoms with Crippen LogP contribution in [-0.4, -0.2) is 78.6 Å². The molecule has 8 rings (SSSR count). The van der Waals surface area contributed by atoms with Gasteiger partial charge in [-0.2, -0.15) is 0 Å². The lowest BCUT2D eigenvalue weighted by Crippen LogP contribution is -2.50. The zero-order valence-corrected chi connectivity index (χ0v) is 30.8. The fraction of sp³-hybridized carbons (Fsp3) is 0.378. The van der Waals surface area contributed by atoms with Gasteiger partial charge in [-0.25, -0.2) is 0 Å². The van der Waals surface area contributed by atoms with Crippen molar-refractivity contribution in [1.82, 2.24) is 15.1 Å². The van der Waals surface area contributed by atoms with E-state index >= 15 is 0 Å². The van der Waals surface area contributed by atoms with Gasteiger partial charge in [-0.3, -0.25) is 24.7 Å². The third kappa shape index (κ3) is 7.75. The van der Waals surface area contributed by atoms with Gasteiger partial charge in [0, 0.05) is 76.7 Å². The van der Waals surface area contributed by atoms with Crippen LogP contribution in [0.1, 0.15) is 66.8 Å². The molecule has 4 aliphatic heterocycles. The fourth-order valence-electron chi connectivity index (χ4n) is 8.93. The number of phenolic OH excluding ortho intramolecular Hbond substituents is 1. The molecule has 4 aromatic carbocycles.